The molecule has 0 heterocycles. The number of carbonyl (C=O) groups excluding carboxylic acids is 3. The topological polar surface area (TPSA) is 142 Å². The Kier molecular flexibility index (Phi) is 11.0. The lowest BCUT2D eigenvalue weighted by Gasteiger charge is -2.28. The fourth-order valence-corrected chi connectivity index (χ4v) is 3.24. The number of ether oxygens (including phenoxy) is 3. The predicted molar refractivity (Wildman–Crippen MR) is 121 cm³/mol. The molecule has 9 nitrogen and oxygen atoms in total. The third-order valence-electron chi connectivity index (χ3n) is 5.07. The minimum Gasteiger partial charge on any atom is -0.480 e. The molecule has 2 unspecified atom stereocenters. The highest BCUT2D eigenvalue weighted by Gasteiger charge is 2.37. The van der Waals surface area contributed by atoms with E-state index in [1.165, 1.54) is 12.1 Å². The fourth-order valence-electron chi connectivity index (χ4n) is 3.24. The molecule has 0 saturated carbocycles. The summed E-state index contributed by atoms with van der Waals surface area (Å²) in [5.74, 6) is -2.94. The summed E-state index contributed by atoms with van der Waals surface area (Å²) in [4.78, 5) is 47.7. The molecule has 9 heteroatoms. The number of esters is 3. The number of hydrogen-bond donors (Lipinski definition) is 2. The Morgan fingerprint density at radius 3 is 2.09 bits per heavy atom. The van der Waals surface area contributed by atoms with Gasteiger partial charge in [0.1, 0.15) is 11.6 Å². The summed E-state index contributed by atoms with van der Waals surface area (Å²) in [6, 6.07) is 4.40. The van der Waals surface area contributed by atoms with Crippen molar-refractivity contribution in [3.05, 3.63) is 23.8 Å². The third-order valence-corrected chi connectivity index (χ3v) is 5.07. The first-order chi connectivity index (χ1) is 15.4. The van der Waals surface area contributed by atoms with Crippen molar-refractivity contribution in [2.24, 2.45) is 11.7 Å². The van der Waals surface area contributed by atoms with Crippen molar-refractivity contribution < 1.29 is 38.5 Å². The number of rotatable bonds is 13. The van der Waals surface area contributed by atoms with Gasteiger partial charge in [-0.15, -0.1) is 0 Å². The maximum absolute atomic E-state index is 12.2. The Morgan fingerprint density at radius 2 is 1.58 bits per heavy atom. The van der Waals surface area contributed by atoms with Gasteiger partial charge in [0.2, 0.25) is 0 Å². The lowest BCUT2D eigenvalue weighted by atomic mass is 9.86. The van der Waals surface area contributed by atoms with E-state index in [4.69, 9.17) is 19.9 Å². The summed E-state index contributed by atoms with van der Waals surface area (Å²) in [7, 11) is 0. The fraction of sp³-hybridized carbons (Fsp3) is 0.583. The van der Waals surface area contributed by atoms with E-state index in [9.17, 15) is 24.3 Å². The number of carboxylic acid groups (broad SMARTS) is 1. The van der Waals surface area contributed by atoms with Crippen LogP contribution in [-0.4, -0.2) is 40.6 Å². The maximum atomic E-state index is 12.2. The molecular formula is C24H35NO8. The van der Waals surface area contributed by atoms with Gasteiger partial charge in [-0.2, -0.15) is 0 Å². The zero-order valence-corrected chi connectivity index (χ0v) is 20.0. The summed E-state index contributed by atoms with van der Waals surface area (Å²) in [6.07, 6.45) is 0.751. The van der Waals surface area contributed by atoms with E-state index < -0.39 is 35.5 Å². The van der Waals surface area contributed by atoms with Crippen molar-refractivity contribution in [2.75, 3.05) is 0 Å². The van der Waals surface area contributed by atoms with Crippen LogP contribution in [0.2, 0.25) is 0 Å². The van der Waals surface area contributed by atoms with E-state index in [2.05, 4.69) is 0 Å². The van der Waals surface area contributed by atoms with Crippen LogP contribution < -0.4 is 15.2 Å². The van der Waals surface area contributed by atoms with E-state index in [0.717, 1.165) is 6.42 Å². The molecule has 0 amide bonds. The Bertz CT molecular complexity index is 853. The van der Waals surface area contributed by atoms with E-state index >= 15 is 0 Å². The molecule has 0 aromatic heterocycles. The van der Waals surface area contributed by atoms with Gasteiger partial charge in [-0.05, 0) is 31.0 Å². The molecule has 0 saturated heterocycles. The van der Waals surface area contributed by atoms with Crippen LogP contribution >= 0.6 is 0 Å². The monoisotopic (exact) mass is 465 g/mol. The van der Waals surface area contributed by atoms with Crippen molar-refractivity contribution in [3.63, 3.8) is 0 Å². The van der Waals surface area contributed by atoms with Gasteiger partial charge in [0.05, 0.1) is 5.92 Å². The first kappa shape index (κ1) is 28.1. The van der Waals surface area contributed by atoms with Gasteiger partial charge in [0, 0.05) is 25.7 Å². The van der Waals surface area contributed by atoms with Gasteiger partial charge in [0.15, 0.2) is 11.5 Å². The Morgan fingerprint density at radius 1 is 1.00 bits per heavy atom. The highest BCUT2D eigenvalue weighted by atomic mass is 16.6. The molecule has 0 bridgehead atoms. The molecule has 3 N–H and O–H groups in total. The van der Waals surface area contributed by atoms with E-state index in [1.54, 1.807) is 33.8 Å². The van der Waals surface area contributed by atoms with Crippen molar-refractivity contribution in [1.29, 1.82) is 0 Å². The van der Waals surface area contributed by atoms with Crippen LogP contribution in [0.25, 0.3) is 0 Å². The van der Waals surface area contributed by atoms with Crippen molar-refractivity contribution in [1.82, 2.24) is 0 Å². The molecule has 33 heavy (non-hydrogen) atoms. The first-order valence-corrected chi connectivity index (χ1v) is 11.2. The number of hydrogen-bond acceptors (Lipinski definition) is 8. The summed E-state index contributed by atoms with van der Waals surface area (Å²) in [5.41, 5.74) is 4.92. The van der Waals surface area contributed by atoms with Gasteiger partial charge < -0.3 is 25.1 Å². The molecule has 1 aromatic rings. The van der Waals surface area contributed by atoms with E-state index in [0.29, 0.717) is 12.0 Å². The smallest absolute Gasteiger partial charge is 0.324 e. The van der Waals surface area contributed by atoms with Crippen LogP contribution in [-0.2, 0) is 30.3 Å². The second-order valence-electron chi connectivity index (χ2n) is 8.22. The summed E-state index contributed by atoms with van der Waals surface area (Å²) in [5, 5.41) is 9.81. The van der Waals surface area contributed by atoms with Gasteiger partial charge >= 0.3 is 23.9 Å². The standard InChI is InChI=1S/C24H35NO8/c1-6-9-15(4)22(28)31-16(5)13-24(25,23(29)30)14-17-10-11-18(32-20(26)7-2)19(12-17)33-21(27)8-3/h10-12,15-16H,6-9,13-14,25H2,1-5H3,(H,29,30)/t15?,16-,24?/m0/s1. The number of carboxylic acids is 1. The number of benzene rings is 1. The van der Waals surface area contributed by atoms with Gasteiger partial charge in [-0.25, -0.2) is 0 Å². The van der Waals surface area contributed by atoms with Gasteiger partial charge in [-0.3, -0.25) is 19.2 Å². The predicted octanol–water partition coefficient (Wildman–Crippen LogP) is 3.40. The molecule has 0 fully saturated rings. The van der Waals surface area contributed by atoms with E-state index in [-0.39, 0.29) is 43.1 Å². The molecule has 0 aliphatic rings. The van der Waals surface area contributed by atoms with Crippen LogP contribution in [0, 0.1) is 5.92 Å². The summed E-state index contributed by atoms with van der Waals surface area (Å²) >= 11 is 0. The third kappa shape index (κ3) is 8.84. The highest BCUT2D eigenvalue weighted by molar-refractivity contribution is 5.80. The molecule has 3 atom stereocenters. The van der Waals surface area contributed by atoms with Gasteiger partial charge in [-0.1, -0.05) is 40.2 Å². The molecule has 0 radical (unpaired) electrons. The van der Waals surface area contributed by atoms with Gasteiger partial charge in [0.25, 0.3) is 0 Å². The molecule has 184 valence electrons. The lowest BCUT2D eigenvalue weighted by Crippen LogP contribution is -2.52. The van der Waals surface area contributed by atoms with Crippen molar-refractivity contribution in [2.45, 2.75) is 84.8 Å². The average molecular weight is 466 g/mol. The molecule has 1 aromatic carbocycles. The van der Waals surface area contributed by atoms with Crippen LogP contribution in [0.4, 0.5) is 0 Å². The molecule has 1 rings (SSSR count). The second-order valence-corrected chi connectivity index (χ2v) is 8.22. The highest BCUT2D eigenvalue weighted by Crippen LogP contribution is 2.31. The minimum absolute atomic E-state index is 0.00163. The number of carbonyl (C=O) groups is 4. The van der Waals surface area contributed by atoms with Crippen LogP contribution in [0.1, 0.15) is 72.3 Å². The summed E-state index contributed by atoms with van der Waals surface area (Å²) in [6.45, 7) is 8.56. The van der Waals surface area contributed by atoms with Crippen molar-refractivity contribution >= 4 is 23.9 Å². The minimum atomic E-state index is -1.75. The summed E-state index contributed by atoms with van der Waals surface area (Å²) < 4.78 is 15.9. The van der Waals surface area contributed by atoms with Crippen LogP contribution in [0.15, 0.2) is 18.2 Å². The van der Waals surface area contributed by atoms with E-state index in [1.807, 2.05) is 6.92 Å². The zero-order valence-electron chi connectivity index (χ0n) is 20.0. The van der Waals surface area contributed by atoms with Crippen molar-refractivity contribution in [3.8, 4) is 11.5 Å². The molecule has 0 aliphatic carbocycles. The molecular weight excluding hydrogens is 430 g/mol. The Labute approximate surface area is 194 Å². The second kappa shape index (κ2) is 12.9. The average Bonchev–Trinajstić information content (AvgIpc) is 2.74. The molecule has 0 spiro atoms. The van der Waals surface area contributed by atoms with Crippen LogP contribution in [0.5, 0.6) is 11.5 Å². The Hall–Kier alpha value is -2.94. The zero-order chi connectivity index (χ0) is 25.2. The Balaban J connectivity index is 3.10. The normalized spacial score (nSPS) is 14.5. The van der Waals surface area contributed by atoms with Crippen LogP contribution in [0.3, 0.4) is 0 Å². The molecule has 0 aliphatic heterocycles. The largest absolute Gasteiger partial charge is 0.480 e. The number of aliphatic carboxylic acids is 1. The quantitative estimate of drug-likeness (QED) is 0.331. The lowest BCUT2D eigenvalue weighted by molar-refractivity contribution is -0.156. The first-order valence-electron chi connectivity index (χ1n) is 11.2. The SMILES string of the molecule is CCCC(C)C(=O)O[C@@H](C)CC(N)(Cc1ccc(OC(=O)CC)c(OC(=O)CC)c1)C(=O)O. The maximum Gasteiger partial charge on any atom is 0.324 e. The number of nitrogens with two attached hydrogens (primary N) is 1.